The van der Waals surface area contributed by atoms with Crippen LogP contribution < -0.4 is 0 Å². The minimum atomic E-state index is -3.84. The Morgan fingerprint density at radius 1 is 1.45 bits per heavy atom. The molecule has 1 saturated heterocycles. The van der Waals surface area contributed by atoms with Crippen LogP contribution in [-0.2, 0) is 26.0 Å². The van der Waals surface area contributed by atoms with Gasteiger partial charge in [-0.15, -0.1) is 0 Å². The Bertz CT molecular complexity index is 675. The number of ether oxygens (including phenoxy) is 1. The summed E-state index contributed by atoms with van der Waals surface area (Å²) in [7, 11) is -3.84. The normalized spacial score (nSPS) is 25.0. The van der Waals surface area contributed by atoms with Gasteiger partial charge in [0, 0.05) is 13.0 Å². The Kier molecular flexibility index (Phi) is 3.78. The SMILES string of the molecule is CCc1ccc(S(=O)(=O)N2CC(C(=O)O)OC3(CCC3)C2)o1. The second-order valence-electron chi connectivity index (χ2n) is 5.85. The van der Waals surface area contributed by atoms with Gasteiger partial charge in [-0.25, -0.2) is 13.2 Å². The van der Waals surface area contributed by atoms with Gasteiger partial charge in [0.2, 0.25) is 5.09 Å². The number of hydrogen-bond donors (Lipinski definition) is 1. The molecule has 0 bridgehead atoms. The van der Waals surface area contributed by atoms with Gasteiger partial charge in [0.05, 0.1) is 12.1 Å². The Morgan fingerprint density at radius 2 is 2.18 bits per heavy atom. The summed E-state index contributed by atoms with van der Waals surface area (Å²) in [5.74, 6) is -0.556. The Morgan fingerprint density at radius 3 is 2.68 bits per heavy atom. The van der Waals surface area contributed by atoms with E-state index >= 15 is 0 Å². The average molecular weight is 329 g/mol. The molecule has 8 heteroatoms. The number of aliphatic carboxylic acids is 1. The van der Waals surface area contributed by atoms with Crippen molar-refractivity contribution < 1.29 is 27.5 Å². The van der Waals surface area contributed by atoms with Crippen molar-refractivity contribution in [3.05, 3.63) is 17.9 Å². The fraction of sp³-hybridized carbons (Fsp3) is 0.643. The molecule has 22 heavy (non-hydrogen) atoms. The number of hydrogen-bond acceptors (Lipinski definition) is 5. The van der Waals surface area contributed by atoms with Gasteiger partial charge >= 0.3 is 5.97 Å². The minimum absolute atomic E-state index is 0.134. The highest BCUT2D eigenvalue weighted by Crippen LogP contribution is 2.41. The van der Waals surface area contributed by atoms with E-state index in [0.717, 1.165) is 6.42 Å². The molecule has 2 aliphatic rings. The number of carbonyl (C=O) groups is 1. The molecule has 0 aromatic carbocycles. The third-order valence-electron chi connectivity index (χ3n) is 4.35. The van der Waals surface area contributed by atoms with Crippen LogP contribution in [0.5, 0.6) is 0 Å². The van der Waals surface area contributed by atoms with Crippen molar-refractivity contribution in [2.75, 3.05) is 13.1 Å². The number of morpholine rings is 1. The van der Waals surface area contributed by atoms with E-state index in [1.165, 1.54) is 10.4 Å². The molecule has 122 valence electrons. The fourth-order valence-corrected chi connectivity index (χ4v) is 4.36. The zero-order chi connectivity index (χ0) is 16.0. The maximum atomic E-state index is 12.7. The minimum Gasteiger partial charge on any atom is -0.479 e. The van der Waals surface area contributed by atoms with E-state index in [-0.39, 0.29) is 18.2 Å². The summed E-state index contributed by atoms with van der Waals surface area (Å²) in [6.07, 6.45) is 1.74. The quantitative estimate of drug-likeness (QED) is 0.892. The topological polar surface area (TPSA) is 97.1 Å². The van der Waals surface area contributed by atoms with Crippen molar-refractivity contribution >= 4 is 16.0 Å². The van der Waals surface area contributed by atoms with Crippen LogP contribution in [0.25, 0.3) is 0 Å². The van der Waals surface area contributed by atoms with Crippen LogP contribution in [0.15, 0.2) is 21.6 Å². The Labute approximate surface area is 128 Å². The lowest BCUT2D eigenvalue weighted by molar-refractivity contribution is -0.196. The molecule has 2 heterocycles. The zero-order valence-corrected chi connectivity index (χ0v) is 13.1. The predicted molar refractivity (Wildman–Crippen MR) is 75.9 cm³/mol. The molecule has 0 amide bonds. The number of aryl methyl sites for hydroxylation is 1. The van der Waals surface area contributed by atoms with E-state index in [0.29, 0.717) is 25.0 Å². The molecule has 3 rings (SSSR count). The van der Waals surface area contributed by atoms with Crippen molar-refractivity contribution in [2.45, 2.75) is 49.4 Å². The maximum Gasteiger partial charge on any atom is 0.334 e. The van der Waals surface area contributed by atoms with Crippen LogP contribution in [0.3, 0.4) is 0 Å². The van der Waals surface area contributed by atoms with Crippen LogP contribution in [0.4, 0.5) is 0 Å². The molecule has 1 aromatic rings. The van der Waals surface area contributed by atoms with Crippen molar-refractivity contribution in [3.63, 3.8) is 0 Å². The summed E-state index contributed by atoms with van der Waals surface area (Å²) in [6.45, 7) is 1.86. The summed E-state index contributed by atoms with van der Waals surface area (Å²) in [5, 5.41) is 9.08. The molecular formula is C14H19NO6S. The van der Waals surface area contributed by atoms with Gasteiger partial charge < -0.3 is 14.3 Å². The molecule has 1 aromatic heterocycles. The summed E-state index contributed by atoms with van der Waals surface area (Å²) < 4.78 is 37.6. The monoisotopic (exact) mass is 329 g/mol. The van der Waals surface area contributed by atoms with E-state index in [4.69, 9.17) is 9.15 Å². The number of rotatable bonds is 4. The van der Waals surface area contributed by atoms with Crippen LogP contribution in [0.1, 0.15) is 31.9 Å². The Hall–Kier alpha value is -1.38. The molecule has 1 aliphatic carbocycles. The first-order chi connectivity index (χ1) is 10.4. The lowest BCUT2D eigenvalue weighted by Crippen LogP contribution is -2.61. The molecule has 1 saturated carbocycles. The highest BCUT2D eigenvalue weighted by Gasteiger charge is 2.50. The van der Waals surface area contributed by atoms with Gasteiger partial charge in [-0.2, -0.15) is 4.31 Å². The third-order valence-corrected chi connectivity index (χ3v) is 6.03. The molecule has 1 spiro atoms. The number of furan rings is 1. The molecule has 7 nitrogen and oxygen atoms in total. The van der Waals surface area contributed by atoms with E-state index in [1.54, 1.807) is 6.07 Å². The predicted octanol–water partition coefficient (Wildman–Crippen LogP) is 1.24. The van der Waals surface area contributed by atoms with Crippen molar-refractivity contribution in [3.8, 4) is 0 Å². The molecule has 0 radical (unpaired) electrons. The van der Waals surface area contributed by atoms with Crippen LogP contribution in [0.2, 0.25) is 0 Å². The first-order valence-corrected chi connectivity index (χ1v) is 8.80. The third kappa shape index (κ3) is 2.55. The summed E-state index contributed by atoms with van der Waals surface area (Å²) >= 11 is 0. The molecule has 1 unspecified atom stereocenters. The molecule has 1 atom stereocenters. The standard InChI is InChI=1S/C14H19NO6S/c1-2-10-4-5-12(20-10)22(18,19)15-8-11(13(16)17)21-14(9-15)6-3-7-14/h4-5,11H,2-3,6-9H2,1H3,(H,16,17). The van der Waals surface area contributed by atoms with E-state index in [1.807, 2.05) is 6.92 Å². The van der Waals surface area contributed by atoms with E-state index < -0.39 is 27.7 Å². The van der Waals surface area contributed by atoms with Gasteiger partial charge in [0.25, 0.3) is 10.0 Å². The van der Waals surface area contributed by atoms with Crippen molar-refractivity contribution in [2.24, 2.45) is 0 Å². The van der Waals surface area contributed by atoms with Gasteiger partial charge in [0.1, 0.15) is 5.76 Å². The van der Waals surface area contributed by atoms with Crippen LogP contribution >= 0.6 is 0 Å². The lowest BCUT2D eigenvalue weighted by Gasteiger charge is -2.49. The summed E-state index contributed by atoms with van der Waals surface area (Å²) in [6, 6.07) is 3.05. The highest BCUT2D eigenvalue weighted by atomic mass is 32.2. The van der Waals surface area contributed by atoms with Gasteiger partial charge in [-0.1, -0.05) is 6.92 Å². The van der Waals surface area contributed by atoms with Gasteiger partial charge in [-0.05, 0) is 31.4 Å². The highest BCUT2D eigenvalue weighted by molar-refractivity contribution is 7.89. The fourth-order valence-electron chi connectivity index (χ4n) is 2.92. The van der Waals surface area contributed by atoms with Crippen LogP contribution in [-0.4, -0.2) is 48.6 Å². The van der Waals surface area contributed by atoms with Gasteiger partial charge in [0.15, 0.2) is 6.10 Å². The van der Waals surface area contributed by atoms with E-state index in [2.05, 4.69) is 0 Å². The van der Waals surface area contributed by atoms with Crippen molar-refractivity contribution in [1.29, 1.82) is 0 Å². The molecule has 1 N–H and O–H groups in total. The van der Waals surface area contributed by atoms with E-state index in [9.17, 15) is 18.3 Å². The Balaban J connectivity index is 1.89. The first-order valence-electron chi connectivity index (χ1n) is 7.36. The summed E-state index contributed by atoms with van der Waals surface area (Å²) in [5.41, 5.74) is -0.658. The summed E-state index contributed by atoms with van der Waals surface area (Å²) in [4.78, 5) is 11.3. The number of carboxylic acid groups (broad SMARTS) is 1. The number of carboxylic acids is 1. The second-order valence-corrected chi connectivity index (χ2v) is 7.72. The number of nitrogens with zero attached hydrogens (tertiary/aromatic N) is 1. The number of sulfonamides is 1. The van der Waals surface area contributed by atoms with Crippen LogP contribution in [0, 0.1) is 0 Å². The van der Waals surface area contributed by atoms with Crippen molar-refractivity contribution in [1.82, 2.24) is 4.31 Å². The molecule has 2 fully saturated rings. The largest absolute Gasteiger partial charge is 0.479 e. The first kappa shape index (κ1) is 15.5. The lowest BCUT2D eigenvalue weighted by atomic mass is 9.79. The van der Waals surface area contributed by atoms with Gasteiger partial charge in [-0.3, -0.25) is 0 Å². The second kappa shape index (κ2) is 5.36. The smallest absolute Gasteiger partial charge is 0.334 e. The average Bonchev–Trinajstić information content (AvgIpc) is 2.94. The molecular weight excluding hydrogens is 310 g/mol. The molecule has 1 aliphatic heterocycles. The zero-order valence-electron chi connectivity index (χ0n) is 12.3. The maximum absolute atomic E-state index is 12.7.